The fourth-order valence-corrected chi connectivity index (χ4v) is 0.577. The summed E-state index contributed by atoms with van der Waals surface area (Å²) in [6, 6.07) is 0. The minimum atomic E-state index is 0. The molecule has 0 aliphatic carbocycles. The summed E-state index contributed by atoms with van der Waals surface area (Å²) in [5, 5.41) is 0. The Balaban J connectivity index is 0. The first-order valence-electron chi connectivity index (χ1n) is 2.77. The SMILES string of the molecule is CCCC(C)C.[V]. The molecule has 0 saturated heterocycles. The van der Waals surface area contributed by atoms with Crippen LogP contribution < -0.4 is 0 Å². The maximum absolute atomic E-state index is 2.25. The number of hydrogen-bond acceptors (Lipinski definition) is 0. The van der Waals surface area contributed by atoms with Gasteiger partial charge in [0.05, 0.1) is 0 Å². The van der Waals surface area contributed by atoms with Gasteiger partial charge in [-0.15, -0.1) is 0 Å². The van der Waals surface area contributed by atoms with Crippen LogP contribution in [0.1, 0.15) is 33.6 Å². The van der Waals surface area contributed by atoms with E-state index in [9.17, 15) is 0 Å². The summed E-state index contributed by atoms with van der Waals surface area (Å²) >= 11 is 0. The van der Waals surface area contributed by atoms with E-state index in [0.717, 1.165) is 5.92 Å². The van der Waals surface area contributed by atoms with Gasteiger partial charge in [-0.2, -0.15) is 0 Å². The zero-order valence-electron chi connectivity index (χ0n) is 5.44. The van der Waals surface area contributed by atoms with Crippen LogP contribution in [0.25, 0.3) is 0 Å². The van der Waals surface area contributed by atoms with Crippen molar-refractivity contribution in [1.82, 2.24) is 0 Å². The molecule has 0 spiro atoms. The van der Waals surface area contributed by atoms with Crippen LogP contribution in [0, 0.1) is 5.92 Å². The van der Waals surface area contributed by atoms with E-state index in [1.807, 2.05) is 0 Å². The monoisotopic (exact) mass is 137 g/mol. The molecule has 1 heteroatoms. The molecule has 0 amide bonds. The molecule has 0 fully saturated rings. The first kappa shape index (κ1) is 10.5. The Hall–Kier alpha value is 0.584. The molecule has 0 bridgehead atoms. The summed E-state index contributed by atoms with van der Waals surface area (Å²) in [4.78, 5) is 0. The maximum atomic E-state index is 2.25. The van der Waals surface area contributed by atoms with Crippen LogP contribution in [0.3, 0.4) is 0 Å². The summed E-state index contributed by atoms with van der Waals surface area (Å²) < 4.78 is 0. The molecule has 7 heavy (non-hydrogen) atoms. The third kappa shape index (κ3) is 10.8. The molecule has 0 N–H and O–H groups in total. The van der Waals surface area contributed by atoms with Crippen molar-refractivity contribution in [2.75, 3.05) is 0 Å². The first-order chi connectivity index (χ1) is 2.77. The Kier molecular flexibility index (Phi) is 9.92. The predicted molar refractivity (Wildman–Crippen MR) is 29.7 cm³/mol. The molecule has 0 aliphatic heterocycles. The third-order valence-electron chi connectivity index (χ3n) is 0.866. The minimum absolute atomic E-state index is 0. The van der Waals surface area contributed by atoms with Gasteiger partial charge in [-0.3, -0.25) is 0 Å². The smallest absolute Gasteiger partial charge is 0 e. The van der Waals surface area contributed by atoms with Gasteiger partial charge in [0.15, 0.2) is 0 Å². The second-order valence-electron chi connectivity index (χ2n) is 2.18. The van der Waals surface area contributed by atoms with Crippen molar-refractivity contribution in [2.45, 2.75) is 33.6 Å². The van der Waals surface area contributed by atoms with E-state index in [4.69, 9.17) is 0 Å². The zero-order valence-corrected chi connectivity index (χ0v) is 6.84. The van der Waals surface area contributed by atoms with E-state index in [-0.39, 0.29) is 18.6 Å². The van der Waals surface area contributed by atoms with Gasteiger partial charge in [0.25, 0.3) is 0 Å². The average Bonchev–Trinajstić information content (AvgIpc) is 1.35. The third-order valence-corrected chi connectivity index (χ3v) is 0.866. The van der Waals surface area contributed by atoms with Crippen molar-refractivity contribution >= 4 is 0 Å². The van der Waals surface area contributed by atoms with Gasteiger partial charge in [-0.1, -0.05) is 33.6 Å². The summed E-state index contributed by atoms with van der Waals surface area (Å²) in [6.07, 6.45) is 2.71. The van der Waals surface area contributed by atoms with E-state index in [2.05, 4.69) is 20.8 Å². The topological polar surface area (TPSA) is 0 Å². The Bertz CT molecular complexity index is 25.4. The summed E-state index contributed by atoms with van der Waals surface area (Å²) in [7, 11) is 0. The number of rotatable bonds is 2. The quantitative estimate of drug-likeness (QED) is 0.548. The molecule has 1 radical (unpaired) electrons. The predicted octanol–water partition coefficient (Wildman–Crippen LogP) is 2.44. The summed E-state index contributed by atoms with van der Waals surface area (Å²) in [6.45, 7) is 6.73. The van der Waals surface area contributed by atoms with Crippen LogP contribution >= 0.6 is 0 Å². The molecular formula is C6H14V. The molecule has 43 valence electrons. The van der Waals surface area contributed by atoms with Crippen molar-refractivity contribution in [3.63, 3.8) is 0 Å². The molecule has 0 aromatic heterocycles. The largest absolute Gasteiger partial charge is 0.0654 e. The Morgan fingerprint density at radius 1 is 1.29 bits per heavy atom. The van der Waals surface area contributed by atoms with Crippen molar-refractivity contribution < 1.29 is 18.6 Å². The molecule has 0 rings (SSSR count). The first-order valence-corrected chi connectivity index (χ1v) is 2.77. The van der Waals surface area contributed by atoms with E-state index in [1.54, 1.807) is 0 Å². The van der Waals surface area contributed by atoms with Gasteiger partial charge in [0.1, 0.15) is 0 Å². The summed E-state index contributed by atoms with van der Waals surface area (Å²) in [5.74, 6) is 0.898. The molecule has 0 aromatic carbocycles. The van der Waals surface area contributed by atoms with Crippen molar-refractivity contribution in [3.8, 4) is 0 Å². The molecule has 0 aliphatic rings. The van der Waals surface area contributed by atoms with Crippen LogP contribution in [-0.2, 0) is 18.6 Å². The fraction of sp³-hybridized carbons (Fsp3) is 1.00. The van der Waals surface area contributed by atoms with Gasteiger partial charge >= 0.3 is 0 Å². The second kappa shape index (κ2) is 6.58. The minimum Gasteiger partial charge on any atom is -0.0654 e. The number of hydrogen-bond donors (Lipinski definition) is 0. The van der Waals surface area contributed by atoms with Crippen LogP contribution in [0.15, 0.2) is 0 Å². The van der Waals surface area contributed by atoms with Gasteiger partial charge in [0, 0.05) is 18.6 Å². The van der Waals surface area contributed by atoms with E-state index < -0.39 is 0 Å². The van der Waals surface area contributed by atoms with Gasteiger partial charge < -0.3 is 0 Å². The van der Waals surface area contributed by atoms with Crippen molar-refractivity contribution in [1.29, 1.82) is 0 Å². The molecule has 0 unspecified atom stereocenters. The van der Waals surface area contributed by atoms with Crippen molar-refractivity contribution in [3.05, 3.63) is 0 Å². The van der Waals surface area contributed by atoms with Gasteiger partial charge in [0.2, 0.25) is 0 Å². The van der Waals surface area contributed by atoms with Gasteiger partial charge in [-0.05, 0) is 5.92 Å². The summed E-state index contributed by atoms with van der Waals surface area (Å²) in [5.41, 5.74) is 0. The van der Waals surface area contributed by atoms with Crippen LogP contribution in [0.4, 0.5) is 0 Å². The Morgan fingerprint density at radius 3 is 1.71 bits per heavy atom. The van der Waals surface area contributed by atoms with E-state index in [0.29, 0.717) is 0 Å². The normalized spacial score (nSPS) is 8.57. The molecule has 0 saturated carbocycles. The van der Waals surface area contributed by atoms with Crippen molar-refractivity contribution in [2.24, 2.45) is 5.92 Å². The fourth-order valence-electron chi connectivity index (χ4n) is 0.577. The zero-order chi connectivity index (χ0) is 4.99. The van der Waals surface area contributed by atoms with Crippen LogP contribution in [0.2, 0.25) is 0 Å². The van der Waals surface area contributed by atoms with Crippen LogP contribution in [0.5, 0.6) is 0 Å². The van der Waals surface area contributed by atoms with E-state index in [1.165, 1.54) is 12.8 Å². The second-order valence-corrected chi connectivity index (χ2v) is 2.18. The maximum Gasteiger partial charge on any atom is 0 e. The average molecular weight is 137 g/mol. The van der Waals surface area contributed by atoms with Crippen LogP contribution in [-0.4, -0.2) is 0 Å². The Morgan fingerprint density at radius 2 is 1.71 bits per heavy atom. The Labute approximate surface area is 58.6 Å². The van der Waals surface area contributed by atoms with Gasteiger partial charge in [-0.25, -0.2) is 0 Å². The molecular weight excluding hydrogens is 123 g/mol. The molecule has 0 nitrogen and oxygen atoms in total. The molecule has 0 aromatic rings. The standard InChI is InChI=1S/C6H14.V/c1-4-5-6(2)3;/h6H,4-5H2,1-3H3;. The molecule has 0 atom stereocenters. The van der Waals surface area contributed by atoms with E-state index >= 15 is 0 Å². The molecule has 0 heterocycles.